The molecule has 0 saturated carbocycles. The van der Waals surface area contributed by atoms with E-state index in [9.17, 15) is 9.59 Å². The molecule has 0 unspecified atom stereocenters. The lowest BCUT2D eigenvalue weighted by Crippen LogP contribution is -2.33. The highest BCUT2D eigenvalue weighted by molar-refractivity contribution is 6.07. The van der Waals surface area contributed by atoms with Crippen LogP contribution in [0.5, 0.6) is 0 Å². The second kappa shape index (κ2) is 7.62. The lowest BCUT2D eigenvalue weighted by atomic mass is 10.1. The zero-order valence-electron chi connectivity index (χ0n) is 11.2. The molecule has 0 fully saturated rings. The predicted octanol–water partition coefficient (Wildman–Crippen LogP) is 0.193. The standard InChI is InChI=1S/C14H18N2O4/c17-13-11-3-1-2-4-12(11)14(18)16-6-8-20-10-9-19-7-5-15-13/h1-4H,5-10H2,(H,15,17)(H,16,18). The third-order valence-corrected chi connectivity index (χ3v) is 2.85. The van der Waals surface area contributed by atoms with Crippen molar-refractivity contribution in [3.05, 3.63) is 35.4 Å². The highest BCUT2D eigenvalue weighted by Gasteiger charge is 2.16. The van der Waals surface area contributed by atoms with Gasteiger partial charge in [0, 0.05) is 13.1 Å². The minimum absolute atomic E-state index is 0.271. The van der Waals surface area contributed by atoms with E-state index < -0.39 is 0 Å². The summed E-state index contributed by atoms with van der Waals surface area (Å²) in [5, 5.41) is 5.46. The molecule has 0 radical (unpaired) electrons. The van der Waals surface area contributed by atoms with Crippen molar-refractivity contribution in [2.45, 2.75) is 0 Å². The summed E-state index contributed by atoms with van der Waals surface area (Å²) in [7, 11) is 0. The fraction of sp³-hybridized carbons (Fsp3) is 0.429. The quantitative estimate of drug-likeness (QED) is 0.710. The van der Waals surface area contributed by atoms with Crippen LogP contribution < -0.4 is 10.6 Å². The van der Waals surface area contributed by atoms with Crippen LogP contribution in [0.25, 0.3) is 0 Å². The summed E-state index contributed by atoms with van der Waals surface area (Å²) in [4.78, 5) is 24.1. The van der Waals surface area contributed by atoms with Crippen LogP contribution in [-0.2, 0) is 9.47 Å². The maximum absolute atomic E-state index is 12.0. The van der Waals surface area contributed by atoms with E-state index in [0.717, 1.165) is 0 Å². The molecule has 2 amide bonds. The van der Waals surface area contributed by atoms with Crippen LogP contribution >= 0.6 is 0 Å². The van der Waals surface area contributed by atoms with E-state index >= 15 is 0 Å². The largest absolute Gasteiger partial charge is 0.377 e. The number of carbonyl (C=O) groups excluding carboxylic acids is 2. The summed E-state index contributed by atoms with van der Waals surface area (Å²) in [6.45, 7) is 2.58. The number of rotatable bonds is 0. The van der Waals surface area contributed by atoms with Crippen molar-refractivity contribution in [3.8, 4) is 0 Å². The van der Waals surface area contributed by atoms with Crippen LogP contribution in [0.4, 0.5) is 0 Å². The molecule has 0 spiro atoms. The van der Waals surface area contributed by atoms with Crippen molar-refractivity contribution >= 4 is 11.8 Å². The van der Waals surface area contributed by atoms with Crippen LogP contribution in [0.1, 0.15) is 20.7 Å². The Morgan fingerprint density at radius 2 is 1.20 bits per heavy atom. The van der Waals surface area contributed by atoms with Crippen molar-refractivity contribution in [2.24, 2.45) is 0 Å². The van der Waals surface area contributed by atoms with Crippen LogP contribution in [0, 0.1) is 0 Å². The van der Waals surface area contributed by atoms with Crippen molar-refractivity contribution in [3.63, 3.8) is 0 Å². The number of ether oxygens (including phenoxy) is 2. The zero-order valence-corrected chi connectivity index (χ0v) is 11.2. The Labute approximate surface area is 117 Å². The first-order chi connectivity index (χ1) is 9.79. The molecule has 1 aromatic carbocycles. The molecule has 6 nitrogen and oxygen atoms in total. The molecular weight excluding hydrogens is 260 g/mol. The van der Waals surface area contributed by atoms with Crippen molar-refractivity contribution < 1.29 is 19.1 Å². The van der Waals surface area contributed by atoms with Crippen LogP contribution in [0.15, 0.2) is 24.3 Å². The third kappa shape index (κ3) is 4.04. The highest BCUT2D eigenvalue weighted by Crippen LogP contribution is 2.08. The first-order valence-electron chi connectivity index (χ1n) is 6.60. The fourth-order valence-corrected chi connectivity index (χ4v) is 1.87. The molecule has 1 aliphatic rings. The van der Waals surface area contributed by atoms with Crippen molar-refractivity contribution in [2.75, 3.05) is 39.5 Å². The maximum atomic E-state index is 12.0. The zero-order chi connectivity index (χ0) is 14.2. The van der Waals surface area contributed by atoms with Gasteiger partial charge in [0.15, 0.2) is 0 Å². The minimum atomic E-state index is -0.271. The van der Waals surface area contributed by atoms with Crippen LogP contribution in [0.3, 0.4) is 0 Å². The van der Waals surface area contributed by atoms with E-state index in [1.54, 1.807) is 24.3 Å². The maximum Gasteiger partial charge on any atom is 0.252 e. The number of carbonyl (C=O) groups is 2. The van der Waals surface area contributed by atoms with E-state index in [4.69, 9.17) is 9.47 Å². The van der Waals surface area contributed by atoms with Crippen molar-refractivity contribution in [1.29, 1.82) is 0 Å². The summed E-state index contributed by atoms with van der Waals surface area (Å²) in [6.07, 6.45) is 0. The van der Waals surface area contributed by atoms with E-state index in [-0.39, 0.29) is 11.8 Å². The molecule has 1 heterocycles. The van der Waals surface area contributed by atoms with E-state index in [1.165, 1.54) is 0 Å². The molecule has 0 saturated heterocycles. The van der Waals surface area contributed by atoms with E-state index in [1.807, 2.05) is 0 Å². The second-order valence-corrected chi connectivity index (χ2v) is 4.28. The monoisotopic (exact) mass is 278 g/mol. The molecule has 20 heavy (non-hydrogen) atoms. The summed E-state index contributed by atoms with van der Waals surface area (Å²) >= 11 is 0. The molecule has 2 rings (SSSR count). The molecule has 0 aliphatic carbocycles. The van der Waals surface area contributed by atoms with Gasteiger partial charge in [-0.2, -0.15) is 0 Å². The second-order valence-electron chi connectivity index (χ2n) is 4.28. The third-order valence-electron chi connectivity index (χ3n) is 2.85. The number of benzene rings is 1. The smallest absolute Gasteiger partial charge is 0.252 e. The Hall–Kier alpha value is -1.92. The molecule has 0 aromatic heterocycles. The molecule has 0 atom stereocenters. The van der Waals surface area contributed by atoms with Gasteiger partial charge in [-0.25, -0.2) is 0 Å². The number of hydrogen-bond donors (Lipinski definition) is 2. The average Bonchev–Trinajstić information content (AvgIpc) is 2.48. The molecule has 108 valence electrons. The highest BCUT2D eigenvalue weighted by atomic mass is 16.5. The first kappa shape index (κ1) is 14.5. The van der Waals surface area contributed by atoms with Gasteiger partial charge in [-0.05, 0) is 12.1 Å². The van der Waals surface area contributed by atoms with Crippen molar-refractivity contribution in [1.82, 2.24) is 10.6 Å². The fourth-order valence-electron chi connectivity index (χ4n) is 1.87. The SMILES string of the molecule is O=C1NCCOCCOCCNC(=O)c2ccccc21. The van der Waals surface area contributed by atoms with Gasteiger partial charge in [-0.1, -0.05) is 12.1 Å². The normalized spacial score (nSPS) is 18.4. The molecule has 6 heteroatoms. The molecular formula is C14H18N2O4. The Kier molecular flexibility index (Phi) is 5.52. The van der Waals surface area contributed by atoms with Gasteiger partial charge in [-0.3, -0.25) is 9.59 Å². The Bertz CT molecular complexity index is 433. The number of fused-ring (bicyclic) bond motifs is 1. The van der Waals surface area contributed by atoms with E-state index in [2.05, 4.69) is 10.6 Å². The Morgan fingerprint density at radius 3 is 1.65 bits per heavy atom. The van der Waals surface area contributed by atoms with Gasteiger partial charge in [0.05, 0.1) is 37.6 Å². The molecule has 0 bridgehead atoms. The average molecular weight is 278 g/mol. The number of hydrogen-bond acceptors (Lipinski definition) is 4. The summed E-state index contributed by atoms with van der Waals surface area (Å²) in [5.41, 5.74) is 0.728. The van der Waals surface area contributed by atoms with E-state index in [0.29, 0.717) is 50.6 Å². The van der Waals surface area contributed by atoms with Gasteiger partial charge >= 0.3 is 0 Å². The summed E-state index contributed by atoms with van der Waals surface area (Å²) in [6, 6.07) is 6.73. The van der Waals surface area contributed by atoms with Gasteiger partial charge in [0.25, 0.3) is 11.8 Å². The lowest BCUT2D eigenvalue weighted by molar-refractivity contribution is 0.0483. The van der Waals surface area contributed by atoms with Gasteiger partial charge in [0.1, 0.15) is 0 Å². The van der Waals surface area contributed by atoms with Gasteiger partial charge in [-0.15, -0.1) is 0 Å². The Balaban J connectivity index is 2.13. The van der Waals surface area contributed by atoms with Crippen LogP contribution in [-0.4, -0.2) is 51.3 Å². The number of nitrogens with one attached hydrogen (secondary N) is 2. The first-order valence-corrected chi connectivity index (χ1v) is 6.60. The number of amides is 2. The van der Waals surface area contributed by atoms with Crippen LogP contribution in [0.2, 0.25) is 0 Å². The molecule has 1 aromatic rings. The molecule has 2 N–H and O–H groups in total. The Morgan fingerprint density at radius 1 is 0.750 bits per heavy atom. The van der Waals surface area contributed by atoms with Gasteiger partial charge < -0.3 is 20.1 Å². The summed E-state index contributed by atoms with van der Waals surface area (Å²) < 4.78 is 10.6. The summed E-state index contributed by atoms with van der Waals surface area (Å²) in [5.74, 6) is -0.541. The minimum Gasteiger partial charge on any atom is -0.377 e. The lowest BCUT2D eigenvalue weighted by Gasteiger charge is -2.12. The molecule has 1 aliphatic heterocycles. The topological polar surface area (TPSA) is 76.7 Å². The van der Waals surface area contributed by atoms with Gasteiger partial charge in [0.2, 0.25) is 0 Å². The predicted molar refractivity (Wildman–Crippen MR) is 72.7 cm³/mol.